The molecule has 1 aliphatic rings. The zero-order valence-electron chi connectivity index (χ0n) is 10.7. The van der Waals surface area contributed by atoms with E-state index in [0.717, 1.165) is 5.56 Å². The average molecular weight is 255 g/mol. The van der Waals surface area contributed by atoms with E-state index >= 15 is 0 Å². The molecule has 0 radical (unpaired) electrons. The molecule has 1 saturated carbocycles. The van der Waals surface area contributed by atoms with Gasteiger partial charge in [-0.3, -0.25) is 0 Å². The summed E-state index contributed by atoms with van der Waals surface area (Å²) in [6.07, 6.45) is 5.27. The second-order valence-electron chi connectivity index (χ2n) is 5.01. The van der Waals surface area contributed by atoms with Crippen LogP contribution in [0.25, 0.3) is 11.3 Å². The summed E-state index contributed by atoms with van der Waals surface area (Å²) in [6, 6.07) is 8.38. The van der Waals surface area contributed by atoms with Crippen LogP contribution in [-0.2, 0) is 0 Å². The van der Waals surface area contributed by atoms with Crippen LogP contribution in [0.5, 0.6) is 0 Å². The third kappa shape index (κ3) is 2.36. The van der Waals surface area contributed by atoms with Gasteiger partial charge in [-0.2, -0.15) is 4.98 Å². The van der Waals surface area contributed by atoms with E-state index in [-0.39, 0.29) is 5.95 Å². The van der Waals surface area contributed by atoms with Gasteiger partial charge in [0.1, 0.15) is 5.69 Å². The summed E-state index contributed by atoms with van der Waals surface area (Å²) < 4.78 is 0. The Kier molecular flexibility index (Phi) is 3.03. The molecule has 1 fully saturated rings. The molecule has 1 heterocycles. The Labute approximate surface area is 112 Å². The lowest BCUT2D eigenvalue weighted by Gasteiger charge is -2.10. The molecule has 3 rings (SSSR count). The minimum atomic E-state index is 0.101. The molecule has 0 saturated heterocycles. The maximum absolute atomic E-state index is 5.82. The van der Waals surface area contributed by atoms with E-state index in [4.69, 9.17) is 11.5 Å². The van der Waals surface area contributed by atoms with Crippen molar-refractivity contribution in [1.82, 2.24) is 15.2 Å². The van der Waals surface area contributed by atoms with E-state index in [0.29, 0.717) is 17.4 Å². The summed E-state index contributed by atoms with van der Waals surface area (Å²) in [5.74, 6) is 1.13. The van der Waals surface area contributed by atoms with Gasteiger partial charge in [-0.15, -0.1) is 10.2 Å². The molecule has 2 aromatic rings. The number of anilines is 2. The molecular formula is C14H17N5. The van der Waals surface area contributed by atoms with Crippen molar-refractivity contribution in [3.8, 4) is 11.3 Å². The lowest BCUT2D eigenvalue weighted by atomic mass is 9.96. The number of rotatable bonds is 2. The highest BCUT2D eigenvalue weighted by atomic mass is 15.2. The number of hydrogen-bond donors (Lipinski definition) is 2. The van der Waals surface area contributed by atoms with Crippen LogP contribution in [0.15, 0.2) is 24.3 Å². The van der Waals surface area contributed by atoms with E-state index < -0.39 is 0 Å². The van der Waals surface area contributed by atoms with E-state index in [2.05, 4.69) is 27.3 Å². The zero-order valence-corrected chi connectivity index (χ0v) is 10.7. The van der Waals surface area contributed by atoms with Crippen molar-refractivity contribution in [1.29, 1.82) is 0 Å². The number of hydrogen-bond acceptors (Lipinski definition) is 5. The largest absolute Gasteiger partial charge is 0.382 e. The van der Waals surface area contributed by atoms with E-state index in [1.165, 1.54) is 31.2 Å². The van der Waals surface area contributed by atoms with Gasteiger partial charge in [-0.05, 0) is 24.3 Å². The van der Waals surface area contributed by atoms with Crippen LogP contribution >= 0.6 is 0 Å². The quantitative estimate of drug-likeness (QED) is 0.859. The fourth-order valence-corrected chi connectivity index (χ4v) is 2.73. The number of nitrogens with zero attached hydrogens (tertiary/aromatic N) is 3. The molecule has 0 unspecified atom stereocenters. The Balaban J connectivity index is 1.89. The third-order valence-electron chi connectivity index (χ3n) is 3.74. The molecule has 0 atom stereocenters. The van der Waals surface area contributed by atoms with E-state index in [1.54, 1.807) is 0 Å². The Morgan fingerprint density at radius 1 is 0.947 bits per heavy atom. The number of nitrogens with two attached hydrogens (primary N) is 2. The first-order chi connectivity index (χ1) is 9.24. The Bertz CT molecular complexity index is 573. The van der Waals surface area contributed by atoms with Gasteiger partial charge in [-0.1, -0.05) is 37.1 Å². The molecule has 0 spiro atoms. The second kappa shape index (κ2) is 4.84. The van der Waals surface area contributed by atoms with Crippen molar-refractivity contribution < 1.29 is 0 Å². The third-order valence-corrected chi connectivity index (χ3v) is 3.74. The molecular weight excluding hydrogens is 238 g/mol. The van der Waals surface area contributed by atoms with Gasteiger partial charge in [0.2, 0.25) is 5.95 Å². The first-order valence-electron chi connectivity index (χ1n) is 6.60. The highest BCUT2D eigenvalue weighted by molar-refractivity contribution is 5.69. The first-order valence-corrected chi connectivity index (χ1v) is 6.60. The van der Waals surface area contributed by atoms with Crippen LogP contribution in [0.4, 0.5) is 11.8 Å². The van der Waals surface area contributed by atoms with Crippen LogP contribution < -0.4 is 11.5 Å². The maximum atomic E-state index is 5.82. The molecule has 0 amide bonds. The van der Waals surface area contributed by atoms with Crippen LogP contribution in [0.1, 0.15) is 37.2 Å². The van der Waals surface area contributed by atoms with E-state index in [9.17, 15) is 0 Å². The van der Waals surface area contributed by atoms with Crippen molar-refractivity contribution in [2.24, 2.45) is 0 Å². The highest BCUT2D eigenvalue weighted by Crippen LogP contribution is 2.34. The summed E-state index contributed by atoms with van der Waals surface area (Å²) in [6.45, 7) is 0. The minimum absolute atomic E-state index is 0.101. The van der Waals surface area contributed by atoms with Crippen molar-refractivity contribution in [2.45, 2.75) is 31.6 Å². The molecule has 1 aliphatic carbocycles. The molecule has 1 aromatic carbocycles. The normalized spacial score (nSPS) is 15.8. The number of aromatic nitrogens is 3. The summed E-state index contributed by atoms with van der Waals surface area (Å²) in [4.78, 5) is 3.93. The fraction of sp³-hybridized carbons (Fsp3) is 0.357. The smallest absolute Gasteiger partial charge is 0.242 e. The van der Waals surface area contributed by atoms with Crippen LogP contribution in [0.2, 0.25) is 0 Å². The van der Waals surface area contributed by atoms with Crippen LogP contribution in [-0.4, -0.2) is 15.2 Å². The Morgan fingerprint density at radius 3 is 2.26 bits per heavy atom. The van der Waals surface area contributed by atoms with Crippen LogP contribution in [0.3, 0.4) is 0 Å². The number of benzene rings is 1. The summed E-state index contributed by atoms with van der Waals surface area (Å²) in [5, 5.41) is 7.77. The van der Waals surface area contributed by atoms with Gasteiger partial charge in [0.15, 0.2) is 5.82 Å². The molecule has 0 aliphatic heterocycles. The predicted molar refractivity (Wildman–Crippen MR) is 75.3 cm³/mol. The lowest BCUT2D eigenvalue weighted by molar-refractivity contribution is 0.723. The van der Waals surface area contributed by atoms with Gasteiger partial charge in [0.05, 0.1) is 0 Å². The van der Waals surface area contributed by atoms with Crippen molar-refractivity contribution in [3.63, 3.8) is 0 Å². The SMILES string of the molecule is Nc1nnc(-c2ccc(C3CCCC3)cc2)c(N)n1. The monoisotopic (exact) mass is 255 g/mol. The van der Waals surface area contributed by atoms with Gasteiger partial charge in [0, 0.05) is 5.56 Å². The summed E-state index contributed by atoms with van der Waals surface area (Å²) >= 11 is 0. The van der Waals surface area contributed by atoms with Gasteiger partial charge in [0.25, 0.3) is 0 Å². The molecule has 98 valence electrons. The van der Waals surface area contributed by atoms with Crippen molar-refractivity contribution in [2.75, 3.05) is 11.5 Å². The van der Waals surface area contributed by atoms with Crippen molar-refractivity contribution >= 4 is 11.8 Å². The Hall–Kier alpha value is -2.17. The summed E-state index contributed by atoms with van der Waals surface area (Å²) in [7, 11) is 0. The fourth-order valence-electron chi connectivity index (χ4n) is 2.73. The Morgan fingerprint density at radius 2 is 1.63 bits per heavy atom. The molecule has 0 bridgehead atoms. The van der Waals surface area contributed by atoms with Crippen LogP contribution in [0, 0.1) is 0 Å². The average Bonchev–Trinajstić information content (AvgIpc) is 2.93. The van der Waals surface area contributed by atoms with Gasteiger partial charge in [-0.25, -0.2) is 0 Å². The highest BCUT2D eigenvalue weighted by Gasteiger charge is 2.17. The molecule has 19 heavy (non-hydrogen) atoms. The summed E-state index contributed by atoms with van der Waals surface area (Å²) in [5.41, 5.74) is 14.2. The molecule has 5 heteroatoms. The van der Waals surface area contributed by atoms with Gasteiger partial charge < -0.3 is 11.5 Å². The van der Waals surface area contributed by atoms with Crippen molar-refractivity contribution in [3.05, 3.63) is 29.8 Å². The first kappa shape index (κ1) is 11.9. The zero-order chi connectivity index (χ0) is 13.2. The lowest BCUT2D eigenvalue weighted by Crippen LogP contribution is -2.04. The standard InChI is InChI=1S/C14H17N5/c15-13-12(18-19-14(16)17-13)11-7-5-10(6-8-11)9-3-1-2-4-9/h5-9H,1-4H2,(H4,15,16,17,19). The molecule has 1 aromatic heterocycles. The second-order valence-corrected chi connectivity index (χ2v) is 5.01. The van der Waals surface area contributed by atoms with Gasteiger partial charge >= 0.3 is 0 Å². The minimum Gasteiger partial charge on any atom is -0.382 e. The van der Waals surface area contributed by atoms with E-state index in [1.807, 2.05) is 12.1 Å². The predicted octanol–water partition coefficient (Wildman–Crippen LogP) is 2.36. The topological polar surface area (TPSA) is 90.7 Å². The molecule has 4 N–H and O–H groups in total. The maximum Gasteiger partial charge on any atom is 0.242 e. The molecule has 5 nitrogen and oxygen atoms in total. The number of nitrogen functional groups attached to an aromatic ring is 2.